The number of alkyl halides is 2. The summed E-state index contributed by atoms with van der Waals surface area (Å²) in [7, 11) is 0. The van der Waals surface area contributed by atoms with E-state index in [0.717, 1.165) is 37.7 Å². The van der Waals surface area contributed by atoms with Crippen molar-refractivity contribution in [2.24, 2.45) is 5.92 Å². The lowest BCUT2D eigenvalue weighted by Crippen LogP contribution is -2.22. The van der Waals surface area contributed by atoms with Gasteiger partial charge in [0.15, 0.2) is 17.5 Å². The van der Waals surface area contributed by atoms with Crippen molar-refractivity contribution in [2.45, 2.75) is 57.5 Å². The normalized spacial score (nSPS) is 19.9. The van der Waals surface area contributed by atoms with Crippen LogP contribution in [0.1, 0.15) is 62.5 Å². The third-order valence-electron chi connectivity index (χ3n) is 5.75. The molecule has 1 aliphatic rings. The Labute approximate surface area is 173 Å². The van der Waals surface area contributed by atoms with Crippen molar-refractivity contribution in [1.29, 1.82) is 0 Å². The quantitative estimate of drug-likeness (QED) is 0.250. The first-order chi connectivity index (χ1) is 14.3. The average Bonchev–Trinajstić information content (AvgIpc) is 2.72. The maximum Gasteiger partial charge on any atom is 0.426 e. The molecule has 30 heavy (non-hydrogen) atoms. The molecule has 1 nitrogen and oxygen atoms in total. The maximum atomic E-state index is 14.4. The van der Waals surface area contributed by atoms with Gasteiger partial charge in [-0.3, -0.25) is 0 Å². The number of allylic oxidation sites excluding steroid dienone is 2. The molecule has 0 spiro atoms. The van der Waals surface area contributed by atoms with Crippen LogP contribution in [0.4, 0.5) is 22.0 Å². The first-order valence-electron chi connectivity index (χ1n) is 10.2. The molecule has 6 heteroatoms. The fourth-order valence-electron chi connectivity index (χ4n) is 4.03. The Balaban J connectivity index is 1.62. The van der Waals surface area contributed by atoms with Gasteiger partial charge in [-0.05, 0) is 75.0 Å². The number of ether oxygens (including phenoxy) is 1. The second-order valence-electron chi connectivity index (χ2n) is 7.81. The molecular weight excluding hydrogens is 399 g/mol. The summed E-state index contributed by atoms with van der Waals surface area (Å²) in [5.41, 5.74) is 0.566. The van der Waals surface area contributed by atoms with Gasteiger partial charge in [-0.1, -0.05) is 24.3 Å². The van der Waals surface area contributed by atoms with Crippen molar-refractivity contribution in [1.82, 2.24) is 0 Å². The van der Waals surface area contributed by atoms with Crippen LogP contribution in [0, 0.1) is 23.4 Å². The van der Waals surface area contributed by atoms with Crippen LogP contribution in [0.25, 0.3) is 0 Å². The molecular formula is C24H25F5O. The van der Waals surface area contributed by atoms with Crippen LogP contribution >= 0.6 is 0 Å². The van der Waals surface area contributed by atoms with Gasteiger partial charge in [0.25, 0.3) is 0 Å². The third-order valence-corrected chi connectivity index (χ3v) is 5.75. The molecule has 3 rings (SSSR count). The Morgan fingerprint density at radius 1 is 0.967 bits per heavy atom. The van der Waals surface area contributed by atoms with Gasteiger partial charge in [-0.25, -0.2) is 13.2 Å². The fraction of sp³-hybridized carbons (Fsp3) is 0.417. The zero-order valence-corrected chi connectivity index (χ0v) is 16.8. The van der Waals surface area contributed by atoms with E-state index in [9.17, 15) is 22.0 Å². The smallest absolute Gasteiger partial charge is 0.426 e. The van der Waals surface area contributed by atoms with Gasteiger partial charge in [0, 0.05) is 12.1 Å². The highest BCUT2D eigenvalue weighted by atomic mass is 19.3. The highest BCUT2D eigenvalue weighted by Gasteiger charge is 2.35. The van der Waals surface area contributed by atoms with E-state index in [1.54, 1.807) is 12.1 Å². The molecule has 162 valence electrons. The van der Waals surface area contributed by atoms with Gasteiger partial charge in [-0.2, -0.15) is 8.78 Å². The lowest BCUT2D eigenvalue weighted by Gasteiger charge is -2.29. The monoisotopic (exact) mass is 424 g/mol. The Morgan fingerprint density at radius 2 is 1.57 bits per heavy atom. The predicted octanol–water partition coefficient (Wildman–Crippen LogP) is 7.86. The van der Waals surface area contributed by atoms with E-state index in [2.05, 4.69) is 16.9 Å². The first kappa shape index (κ1) is 22.3. The summed E-state index contributed by atoms with van der Waals surface area (Å²) < 4.78 is 72.8. The highest BCUT2D eigenvalue weighted by Crippen LogP contribution is 2.39. The topological polar surface area (TPSA) is 9.23 Å². The van der Waals surface area contributed by atoms with E-state index in [1.807, 2.05) is 6.92 Å². The molecule has 0 atom stereocenters. The van der Waals surface area contributed by atoms with Gasteiger partial charge in [0.2, 0.25) is 0 Å². The molecule has 0 N–H and O–H groups in total. The second kappa shape index (κ2) is 9.63. The Kier molecular flexibility index (Phi) is 7.16. The van der Waals surface area contributed by atoms with Crippen LogP contribution in [0.3, 0.4) is 0 Å². The molecule has 0 aliphatic heterocycles. The van der Waals surface area contributed by atoms with Crippen LogP contribution in [0.15, 0.2) is 48.6 Å². The SMILES string of the molecule is C/C=C\CC[C@H]1CC[C@H](c2ccc(C(F)(F)Oc3cc(F)c(F)c(F)c3)cc2)CC1. The minimum Gasteiger partial charge on any atom is -0.429 e. The Morgan fingerprint density at radius 3 is 2.13 bits per heavy atom. The van der Waals surface area contributed by atoms with Crippen molar-refractivity contribution in [2.75, 3.05) is 0 Å². The van der Waals surface area contributed by atoms with Crippen LogP contribution in [0.5, 0.6) is 5.75 Å². The van der Waals surface area contributed by atoms with E-state index in [4.69, 9.17) is 0 Å². The zero-order valence-electron chi connectivity index (χ0n) is 16.8. The number of hydrogen-bond acceptors (Lipinski definition) is 1. The van der Waals surface area contributed by atoms with E-state index in [1.165, 1.54) is 18.6 Å². The second-order valence-corrected chi connectivity index (χ2v) is 7.81. The van der Waals surface area contributed by atoms with E-state index >= 15 is 0 Å². The Hall–Kier alpha value is -2.37. The van der Waals surface area contributed by atoms with Crippen molar-refractivity contribution < 1.29 is 26.7 Å². The first-order valence-corrected chi connectivity index (χ1v) is 10.2. The molecule has 1 aliphatic carbocycles. The molecule has 0 aromatic heterocycles. The molecule has 0 heterocycles. The van der Waals surface area contributed by atoms with E-state index in [0.29, 0.717) is 24.0 Å². The third kappa shape index (κ3) is 5.41. The lowest BCUT2D eigenvalue weighted by atomic mass is 9.77. The number of benzene rings is 2. The van der Waals surface area contributed by atoms with Crippen LogP contribution in [-0.4, -0.2) is 0 Å². The largest absolute Gasteiger partial charge is 0.429 e. The van der Waals surface area contributed by atoms with Crippen LogP contribution in [0.2, 0.25) is 0 Å². The van der Waals surface area contributed by atoms with Crippen LogP contribution < -0.4 is 4.74 Å². The van der Waals surface area contributed by atoms with Crippen LogP contribution in [-0.2, 0) is 6.11 Å². The van der Waals surface area contributed by atoms with Gasteiger partial charge >= 0.3 is 6.11 Å². The molecule has 0 saturated heterocycles. The fourth-order valence-corrected chi connectivity index (χ4v) is 4.03. The summed E-state index contributed by atoms with van der Waals surface area (Å²) in [4.78, 5) is 0. The molecule has 1 saturated carbocycles. The maximum absolute atomic E-state index is 14.4. The molecule has 0 radical (unpaired) electrons. The van der Waals surface area contributed by atoms with Crippen molar-refractivity contribution in [3.8, 4) is 5.75 Å². The Bertz CT molecular complexity index is 845. The van der Waals surface area contributed by atoms with Crippen molar-refractivity contribution >= 4 is 0 Å². The molecule has 0 bridgehead atoms. The standard InChI is InChI=1S/C24H25F5O/c1-2-3-4-5-16-6-8-17(9-7-16)18-10-12-19(13-11-18)24(28,29)30-20-14-21(25)23(27)22(26)15-20/h2-3,10-17H,4-9H2,1H3/b3-2-/t16-,17-. The highest BCUT2D eigenvalue weighted by molar-refractivity contribution is 5.30. The summed E-state index contributed by atoms with van der Waals surface area (Å²) >= 11 is 0. The minimum atomic E-state index is -3.81. The molecule has 2 aromatic rings. The summed E-state index contributed by atoms with van der Waals surface area (Å²) in [6, 6.07) is 6.64. The summed E-state index contributed by atoms with van der Waals surface area (Å²) in [6.45, 7) is 2.02. The zero-order chi connectivity index (χ0) is 21.7. The minimum absolute atomic E-state index is 0.340. The lowest BCUT2D eigenvalue weighted by molar-refractivity contribution is -0.185. The predicted molar refractivity (Wildman–Crippen MR) is 106 cm³/mol. The molecule has 0 amide bonds. The number of halogens is 5. The van der Waals surface area contributed by atoms with Gasteiger partial charge in [0.1, 0.15) is 5.75 Å². The van der Waals surface area contributed by atoms with Gasteiger partial charge < -0.3 is 4.74 Å². The van der Waals surface area contributed by atoms with Crippen molar-refractivity contribution in [3.05, 3.63) is 77.1 Å². The summed E-state index contributed by atoms with van der Waals surface area (Å²) in [5.74, 6) is -4.63. The summed E-state index contributed by atoms with van der Waals surface area (Å²) in [5, 5.41) is 0. The van der Waals surface area contributed by atoms with Crippen molar-refractivity contribution in [3.63, 3.8) is 0 Å². The number of hydrogen-bond donors (Lipinski definition) is 0. The van der Waals surface area contributed by atoms with Gasteiger partial charge in [0.05, 0.1) is 5.56 Å². The summed E-state index contributed by atoms with van der Waals surface area (Å²) in [6.07, 6.45) is 7.04. The van der Waals surface area contributed by atoms with E-state index in [-0.39, 0.29) is 0 Å². The van der Waals surface area contributed by atoms with Gasteiger partial charge in [-0.15, -0.1) is 0 Å². The average molecular weight is 424 g/mol. The molecule has 1 fully saturated rings. The molecule has 0 unspecified atom stereocenters. The van der Waals surface area contributed by atoms with E-state index < -0.39 is 34.9 Å². The molecule has 2 aromatic carbocycles. The number of rotatable bonds is 7.